The SMILES string of the molecule is C1COCCN1.CCN1C(=O)C(C)(C)C(=O)N(C)c2cc(CN(CCn3ccc4oc(C)cc4c3=O)Cc3ccccc3CN3CCOCC3)ccc21. The number of amides is 2. The van der Waals surface area contributed by atoms with Crippen LogP contribution < -0.4 is 20.7 Å². The Labute approximate surface area is 312 Å². The van der Waals surface area contributed by atoms with E-state index >= 15 is 0 Å². The van der Waals surface area contributed by atoms with Gasteiger partial charge in [0.05, 0.1) is 43.2 Å². The highest BCUT2D eigenvalue weighted by atomic mass is 16.5. The van der Waals surface area contributed by atoms with E-state index in [4.69, 9.17) is 13.9 Å². The molecule has 0 aliphatic carbocycles. The highest BCUT2D eigenvalue weighted by molar-refractivity contribution is 6.19. The summed E-state index contributed by atoms with van der Waals surface area (Å²) in [5, 5.41) is 3.75. The zero-order valence-corrected chi connectivity index (χ0v) is 31.9. The molecule has 0 atom stereocenters. The summed E-state index contributed by atoms with van der Waals surface area (Å²) in [5.41, 5.74) is 4.36. The van der Waals surface area contributed by atoms with E-state index < -0.39 is 5.41 Å². The quantitative estimate of drug-likeness (QED) is 0.238. The number of carbonyl (C=O) groups excluding carboxylic acids is 2. The Morgan fingerprint density at radius 1 is 0.849 bits per heavy atom. The maximum absolute atomic E-state index is 13.5. The van der Waals surface area contributed by atoms with Crippen LogP contribution in [0.4, 0.5) is 11.4 Å². The van der Waals surface area contributed by atoms with Gasteiger partial charge in [-0.05, 0) is 68.7 Å². The Morgan fingerprint density at radius 2 is 1.57 bits per heavy atom. The number of anilines is 2. The number of nitrogens with zero attached hydrogens (tertiary/aromatic N) is 5. The summed E-state index contributed by atoms with van der Waals surface area (Å²) < 4.78 is 18.0. The monoisotopic (exact) mass is 726 g/mol. The van der Waals surface area contributed by atoms with Gasteiger partial charge >= 0.3 is 0 Å². The van der Waals surface area contributed by atoms with Gasteiger partial charge in [0.15, 0.2) is 0 Å². The Morgan fingerprint density at radius 3 is 2.25 bits per heavy atom. The molecule has 2 aromatic carbocycles. The van der Waals surface area contributed by atoms with Crippen molar-refractivity contribution in [2.45, 2.75) is 53.9 Å². The molecular formula is C41H54N6O6. The van der Waals surface area contributed by atoms with E-state index in [2.05, 4.69) is 39.4 Å². The van der Waals surface area contributed by atoms with Crippen LogP contribution in [0.3, 0.4) is 0 Å². The third-order valence-electron chi connectivity index (χ3n) is 10.3. The molecule has 2 fully saturated rings. The number of aryl methyl sites for hydroxylation is 1. The zero-order chi connectivity index (χ0) is 37.5. The van der Waals surface area contributed by atoms with E-state index in [1.54, 1.807) is 47.5 Å². The van der Waals surface area contributed by atoms with E-state index in [1.807, 2.05) is 38.1 Å². The largest absolute Gasteiger partial charge is 0.461 e. The minimum Gasteiger partial charge on any atom is -0.461 e. The Hall–Kier alpha value is -4.33. The number of fused-ring (bicyclic) bond motifs is 2. The van der Waals surface area contributed by atoms with Crippen LogP contribution >= 0.6 is 0 Å². The molecule has 5 heterocycles. The van der Waals surface area contributed by atoms with Gasteiger partial charge in [0.25, 0.3) is 5.56 Å². The van der Waals surface area contributed by atoms with Crippen LogP contribution in [0.5, 0.6) is 0 Å². The molecular weight excluding hydrogens is 672 g/mol. The second-order valence-corrected chi connectivity index (χ2v) is 14.5. The molecule has 2 saturated heterocycles. The molecule has 7 rings (SSSR count). The molecule has 0 unspecified atom stereocenters. The number of benzene rings is 2. The smallest absolute Gasteiger partial charge is 0.261 e. The molecule has 3 aliphatic heterocycles. The van der Waals surface area contributed by atoms with Gasteiger partial charge < -0.3 is 33.6 Å². The highest BCUT2D eigenvalue weighted by Crippen LogP contribution is 2.39. The van der Waals surface area contributed by atoms with E-state index in [-0.39, 0.29) is 17.4 Å². The molecule has 0 spiro atoms. The molecule has 284 valence electrons. The van der Waals surface area contributed by atoms with Crippen molar-refractivity contribution in [3.63, 3.8) is 0 Å². The fourth-order valence-electron chi connectivity index (χ4n) is 7.27. The number of morpholine rings is 2. The van der Waals surface area contributed by atoms with Crippen molar-refractivity contribution in [3.05, 3.63) is 93.6 Å². The van der Waals surface area contributed by atoms with Crippen molar-refractivity contribution < 1.29 is 23.5 Å². The first-order chi connectivity index (χ1) is 25.6. The van der Waals surface area contributed by atoms with E-state index in [0.717, 1.165) is 76.1 Å². The van der Waals surface area contributed by atoms with Crippen LogP contribution in [0.2, 0.25) is 0 Å². The van der Waals surface area contributed by atoms with Crippen molar-refractivity contribution in [2.24, 2.45) is 5.41 Å². The van der Waals surface area contributed by atoms with Crippen LogP contribution in [0.15, 0.2) is 70.0 Å². The van der Waals surface area contributed by atoms with E-state index in [9.17, 15) is 14.4 Å². The first-order valence-corrected chi connectivity index (χ1v) is 18.8. The van der Waals surface area contributed by atoms with Crippen molar-refractivity contribution >= 4 is 34.2 Å². The maximum Gasteiger partial charge on any atom is 0.261 e. The average molecular weight is 727 g/mol. The third-order valence-corrected chi connectivity index (χ3v) is 10.3. The lowest BCUT2D eigenvalue weighted by Crippen LogP contribution is -2.47. The highest BCUT2D eigenvalue weighted by Gasteiger charge is 2.45. The van der Waals surface area contributed by atoms with Gasteiger partial charge in [-0.1, -0.05) is 30.3 Å². The van der Waals surface area contributed by atoms with Gasteiger partial charge in [-0.3, -0.25) is 24.2 Å². The van der Waals surface area contributed by atoms with Crippen LogP contribution in [0.25, 0.3) is 11.0 Å². The number of furan rings is 1. The summed E-state index contributed by atoms with van der Waals surface area (Å²) >= 11 is 0. The van der Waals surface area contributed by atoms with Crippen molar-refractivity contribution in [1.82, 2.24) is 19.7 Å². The first-order valence-electron chi connectivity index (χ1n) is 18.8. The van der Waals surface area contributed by atoms with Crippen LogP contribution in [0.1, 0.15) is 43.2 Å². The van der Waals surface area contributed by atoms with Crippen LogP contribution in [-0.4, -0.2) is 98.9 Å². The van der Waals surface area contributed by atoms with Gasteiger partial charge in [0, 0.05) is 78.7 Å². The summed E-state index contributed by atoms with van der Waals surface area (Å²) in [7, 11) is 1.75. The molecule has 0 radical (unpaired) electrons. The number of hydrogen-bond donors (Lipinski definition) is 1. The molecule has 2 amide bonds. The summed E-state index contributed by atoms with van der Waals surface area (Å²) in [6.07, 6.45) is 1.80. The third kappa shape index (κ3) is 8.90. The van der Waals surface area contributed by atoms with Crippen LogP contribution in [0, 0.1) is 12.3 Å². The lowest BCUT2D eigenvalue weighted by atomic mass is 9.90. The number of pyridine rings is 1. The Balaban J connectivity index is 0.000000729. The molecule has 1 N–H and O–H groups in total. The fourth-order valence-corrected chi connectivity index (χ4v) is 7.27. The summed E-state index contributed by atoms with van der Waals surface area (Å²) in [6.45, 7) is 18.0. The number of rotatable bonds is 10. The molecule has 53 heavy (non-hydrogen) atoms. The predicted octanol–water partition coefficient (Wildman–Crippen LogP) is 4.40. The number of hydrogen-bond acceptors (Lipinski definition) is 9. The molecule has 2 aromatic heterocycles. The van der Waals surface area contributed by atoms with Crippen molar-refractivity contribution in [1.29, 1.82) is 0 Å². The minimum absolute atomic E-state index is 0.0656. The standard InChI is InChI=1S/C37H45N5O5.C4H9NO/c1-6-42-31-12-11-27(22-32(31)38(5)35(44)37(3,4)36(42)45)23-40(15-16-41-14-13-33-30(34(41)43)21-26(2)47-33)25-29-10-8-7-9-28(29)24-39-17-19-46-20-18-39;1-3-6-4-2-5-1/h7-14,21-22H,6,15-20,23-25H2,1-5H3;5H,1-4H2. The molecule has 12 nitrogen and oxygen atoms in total. The summed E-state index contributed by atoms with van der Waals surface area (Å²) in [5.74, 6) is 0.291. The topological polar surface area (TPSA) is 113 Å². The number of nitrogens with one attached hydrogen (secondary N) is 1. The average Bonchev–Trinajstić information content (AvgIpc) is 3.55. The predicted molar refractivity (Wildman–Crippen MR) is 207 cm³/mol. The van der Waals surface area contributed by atoms with Crippen molar-refractivity contribution in [3.8, 4) is 0 Å². The maximum atomic E-state index is 13.5. The number of aromatic nitrogens is 1. The second-order valence-electron chi connectivity index (χ2n) is 14.5. The lowest BCUT2D eigenvalue weighted by molar-refractivity contribution is -0.137. The molecule has 12 heteroatoms. The van der Waals surface area contributed by atoms with Gasteiger partial charge in [0.1, 0.15) is 16.8 Å². The lowest BCUT2D eigenvalue weighted by Gasteiger charge is -2.29. The summed E-state index contributed by atoms with van der Waals surface area (Å²) in [4.78, 5) is 48.3. The number of ether oxygens (including phenoxy) is 2. The van der Waals surface area contributed by atoms with Gasteiger partial charge in [-0.25, -0.2) is 0 Å². The van der Waals surface area contributed by atoms with E-state index in [1.165, 1.54) is 11.1 Å². The first kappa shape index (κ1) is 38.4. The van der Waals surface area contributed by atoms with Crippen LogP contribution in [-0.2, 0) is 45.2 Å². The van der Waals surface area contributed by atoms with Gasteiger partial charge in [0.2, 0.25) is 11.8 Å². The van der Waals surface area contributed by atoms with Gasteiger partial charge in [-0.2, -0.15) is 0 Å². The summed E-state index contributed by atoms with van der Waals surface area (Å²) in [6, 6.07) is 18.2. The van der Waals surface area contributed by atoms with Crippen molar-refractivity contribution in [2.75, 3.05) is 82.5 Å². The van der Waals surface area contributed by atoms with Gasteiger partial charge in [-0.15, -0.1) is 0 Å². The fraction of sp³-hybridized carbons (Fsp3) is 0.488. The minimum atomic E-state index is -1.16. The van der Waals surface area contributed by atoms with E-state index in [0.29, 0.717) is 49.5 Å². The Bertz CT molecular complexity index is 1930. The normalized spacial score (nSPS) is 17.8. The Kier molecular flexibility index (Phi) is 12.5. The molecule has 0 bridgehead atoms. The molecule has 4 aromatic rings. The number of carbonyl (C=O) groups is 2. The second kappa shape index (κ2) is 17.2. The zero-order valence-electron chi connectivity index (χ0n) is 31.9. The molecule has 0 saturated carbocycles. The molecule has 3 aliphatic rings.